The van der Waals surface area contributed by atoms with E-state index in [1.807, 2.05) is 13.0 Å². The highest BCUT2D eigenvalue weighted by molar-refractivity contribution is 6.46. The van der Waals surface area contributed by atoms with Gasteiger partial charge in [0.25, 0.3) is 11.7 Å². The van der Waals surface area contributed by atoms with Gasteiger partial charge in [0.1, 0.15) is 5.76 Å². The normalized spacial score (nSPS) is 17.4. The van der Waals surface area contributed by atoms with Crippen LogP contribution in [-0.2, 0) is 14.3 Å². The lowest BCUT2D eigenvalue weighted by Gasteiger charge is -2.26. The van der Waals surface area contributed by atoms with Gasteiger partial charge in [-0.1, -0.05) is 49.7 Å². The van der Waals surface area contributed by atoms with E-state index < -0.39 is 17.7 Å². The van der Waals surface area contributed by atoms with Crippen LogP contribution >= 0.6 is 0 Å². The Balaban J connectivity index is 2.10. The van der Waals surface area contributed by atoms with Crippen LogP contribution in [-0.4, -0.2) is 55.2 Å². The number of hydrogen-bond acceptors (Lipinski definition) is 6. The highest BCUT2D eigenvalue weighted by Crippen LogP contribution is 2.42. The SMILES string of the molecule is CCCCOc1ccc(C2C(=C(O)c3ccccc3)C(=O)C(=O)N2CCOC)cc1OCC. The number of nitrogens with zero attached hydrogens (tertiary/aromatic N) is 1. The van der Waals surface area contributed by atoms with Gasteiger partial charge in [-0.05, 0) is 31.0 Å². The number of aliphatic hydroxyl groups is 1. The third-order valence-electron chi connectivity index (χ3n) is 5.46. The Bertz CT molecular complexity index is 1000. The molecule has 1 saturated heterocycles. The Morgan fingerprint density at radius 2 is 1.76 bits per heavy atom. The molecule has 0 aliphatic carbocycles. The van der Waals surface area contributed by atoms with Gasteiger partial charge in [-0.2, -0.15) is 0 Å². The van der Waals surface area contributed by atoms with Crippen molar-refractivity contribution in [3.05, 3.63) is 65.2 Å². The molecule has 3 rings (SSSR count). The molecule has 0 aromatic heterocycles. The van der Waals surface area contributed by atoms with Gasteiger partial charge in [-0.15, -0.1) is 0 Å². The van der Waals surface area contributed by atoms with Gasteiger partial charge < -0.3 is 24.2 Å². The summed E-state index contributed by atoms with van der Waals surface area (Å²) in [4.78, 5) is 27.4. The van der Waals surface area contributed by atoms with E-state index in [0.29, 0.717) is 35.8 Å². The van der Waals surface area contributed by atoms with Crippen molar-refractivity contribution < 1.29 is 28.9 Å². The fourth-order valence-corrected chi connectivity index (χ4v) is 3.81. The van der Waals surface area contributed by atoms with E-state index >= 15 is 0 Å². The largest absolute Gasteiger partial charge is 0.507 e. The van der Waals surface area contributed by atoms with Gasteiger partial charge in [-0.25, -0.2) is 0 Å². The summed E-state index contributed by atoms with van der Waals surface area (Å²) in [7, 11) is 1.53. The van der Waals surface area contributed by atoms with E-state index in [-0.39, 0.29) is 24.5 Å². The van der Waals surface area contributed by atoms with Gasteiger partial charge in [0.2, 0.25) is 0 Å². The summed E-state index contributed by atoms with van der Waals surface area (Å²) < 4.78 is 16.8. The predicted molar refractivity (Wildman–Crippen MR) is 125 cm³/mol. The maximum Gasteiger partial charge on any atom is 0.295 e. The molecular formula is C26H31NO6. The van der Waals surface area contributed by atoms with Crippen molar-refractivity contribution in [1.82, 2.24) is 4.90 Å². The maximum atomic E-state index is 13.0. The van der Waals surface area contributed by atoms with Gasteiger partial charge in [-0.3, -0.25) is 9.59 Å². The summed E-state index contributed by atoms with van der Waals surface area (Å²) in [5.41, 5.74) is 1.16. The van der Waals surface area contributed by atoms with E-state index in [9.17, 15) is 14.7 Å². The predicted octanol–water partition coefficient (Wildman–Crippen LogP) is 4.33. The summed E-state index contributed by atoms with van der Waals surface area (Å²) >= 11 is 0. The topological polar surface area (TPSA) is 85.3 Å². The molecule has 7 heteroatoms. The molecule has 1 aliphatic heterocycles. The zero-order valence-electron chi connectivity index (χ0n) is 19.4. The van der Waals surface area contributed by atoms with Crippen LogP contribution in [0.3, 0.4) is 0 Å². The van der Waals surface area contributed by atoms with Crippen LogP contribution in [0.15, 0.2) is 54.1 Å². The van der Waals surface area contributed by atoms with Crippen molar-refractivity contribution in [2.75, 3.05) is 33.5 Å². The number of aliphatic hydroxyl groups excluding tert-OH is 1. The van der Waals surface area contributed by atoms with E-state index in [4.69, 9.17) is 14.2 Å². The highest BCUT2D eigenvalue weighted by atomic mass is 16.5. The first-order chi connectivity index (χ1) is 16.0. The molecule has 0 bridgehead atoms. The summed E-state index contributed by atoms with van der Waals surface area (Å²) in [6.07, 6.45) is 1.93. The number of carbonyl (C=O) groups is 2. The van der Waals surface area contributed by atoms with Gasteiger partial charge in [0.05, 0.1) is 31.4 Å². The summed E-state index contributed by atoms with van der Waals surface area (Å²) in [6.45, 7) is 5.42. The molecule has 0 radical (unpaired) electrons. The number of amides is 1. The fraction of sp³-hybridized carbons (Fsp3) is 0.385. The summed E-state index contributed by atoms with van der Waals surface area (Å²) in [6, 6.07) is 13.3. The van der Waals surface area contributed by atoms with Crippen molar-refractivity contribution in [3.8, 4) is 11.5 Å². The van der Waals surface area contributed by atoms with Crippen molar-refractivity contribution >= 4 is 17.4 Å². The van der Waals surface area contributed by atoms with Crippen LogP contribution in [0.4, 0.5) is 0 Å². The number of ketones is 1. The van der Waals surface area contributed by atoms with Crippen LogP contribution in [0, 0.1) is 0 Å². The lowest BCUT2D eigenvalue weighted by molar-refractivity contribution is -0.140. The average molecular weight is 454 g/mol. The third kappa shape index (κ3) is 5.37. The molecule has 1 atom stereocenters. The minimum absolute atomic E-state index is 0.0457. The highest BCUT2D eigenvalue weighted by Gasteiger charge is 2.46. The quantitative estimate of drug-likeness (QED) is 0.236. The second kappa shape index (κ2) is 11.5. The lowest BCUT2D eigenvalue weighted by Crippen LogP contribution is -2.32. The standard InChI is InChI=1S/C26H31NO6/c1-4-6-15-33-20-13-12-19(17-21(20)32-5-2)23-22(24(28)18-10-8-7-9-11-18)25(29)26(30)27(23)14-16-31-3/h7-13,17,23,28H,4-6,14-16H2,1-3H3. The number of unbranched alkanes of at least 4 members (excludes halogenated alkanes) is 1. The molecule has 7 nitrogen and oxygen atoms in total. The zero-order valence-corrected chi connectivity index (χ0v) is 19.4. The van der Waals surface area contributed by atoms with Crippen LogP contribution in [0.1, 0.15) is 43.9 Å². The second-order valence-electron chi connectivity index (χ2n) is 7.69. The molecule has 1 N–H and O–H groups in total. The summed E-state index contributed by atoms with van der Waals surface area (Å²) in [5.74, 6) is -0.469. The van der Waals surface area contributed by atoms with Gasteiger partial charge >= 0.3 is 0 Å². The molecule has 1 fully saturated rings. The molecule has 176 valence electrons. The smallest absolute Gasteiger partial charge is 0.295 e. The summed E-state index contributed by atoms with van der Waals surface area (Å²) in [5, 5.41) is 11.0. The Hall–Kier alpha value is -3.32. The average Bonchev–Trinajstić information content (AvgIpc) is 3.08. The van der Waals surface area contributed by atoms with Crippen LogP contribution in [0.5, 0.6) is 11.5 Å². The number of likely N-dealkylation sites (tertiary alicyclic amines) is 1. The van der Waals surface area contributed by atoms with E-state index in [1.165, 1.54) is 12.0 Å². The van der Waals surface area contributed by atoms with Crippen molar-refractivity contribution in [1.29, 1.82) is 0 Å². The molecule has 1 aliphatic rings. The molecule has 2 aromatic rings. The molecule has 0 spiro atoms. The fourth-order valence-electron chi connectivity index (χ4n) is 3.81. The van der Waals surface area contributed by atoms with Crippen molar-refractivity contribution in [3.63, 3.8) is 0 Å². The first-order valence-electron chi connectivity index (χ1n) is 11.3. The number of benzene rings is 2. The Morgan fingerprint density at radius 1 is 1.00 bits per heavy atom. The molecule has 2 aromatic carbocycles. The second-order valence-corrected chi connectivity index (χ2v) is 7.69. The maximum absolute atomic E-state index is 13.0. The first-order valence-corrected chi connectivity index (χ1v) is 11.3. The van der Waals surface area contributed by atoms with E-state index in [0.717, 1.165) is 12.8 Å². The van der Waals surface area contributed by atoms with Crippen LogP contribution in [0.25, 0.3) is 5.76 Å². The molecule has 33 heavy (non-hydrogen) atoms. The monoisotopic (exact) mass is 453 g/mol. The molecular weight excluding hydrogens is 422 g/mol. The number of ether oxygens (including phenoxy) is 3. The van der Waals surface area contributed by atoms with Crippen LogP contribution in [0.2, 0.25) is 0 Å². The Labute approximate surface area is 194 Å². The number of methoxy groups -OCH3 is 1. The minimum Gasteiger partial charge on any atom is -0.507 e. The molecule has 1 amide bonds. The Morgan fingerprint density at radius 3 is 2.42 bits per heavy atom. The number of hydrogen-bond donors (Lipinski definition) is 1. The van der Waals surface area contributed by atoms with E-state index in [2.05, 4.69) is 6.92 Å². The third-order valence-corrected chi connectivity index (χ3v) is 5.46. The number of carbonyl (C=O) groups excluding carboxylic acids is 2. The van der Waals surface area contributed by atoms with Crippen molar-refractivity contribution in [2.24, 2.45) is 0 Å². The Kier molecular flexibility index (Phi) is 8.49. The zero-order chi connectivity index (χ0) is 23.8. The first kappa shape index (κ1) is 24.3. The van der Waals surface area contributed by atoms with Gasteiger partial charge in [0, 0.05) is 19.2 Å². The van der Waals surface area contributed by atoms with E-state index in [1.54, 1.807) is 42.5 Å². The number of Topliss-reactive ketones (excluding diaryl/α,β-unsaturated/α-hetero) is 1. The molecule has 1 heterocycles. The molecule has 0 saturated carbocycles. The lowest BCUT2D eigenvalue weighted by atomic mass is 9.95. The minimum atomic E-state index is -0.774. The van der Waals surface area contributed by atoms with Gasteiger partial charge in [0.15, 0.2) is 11.5 Å². The van der Waals surface area contributed by atoms with Crippen molar-refractivity contribution in [2.45, 2.75) is 32.7 Å². The molecule has 1 unspecified atom stereocenters. The van der Waals surface area contributed by atoms with Crippen LogP contribution < -0.4 is 9.47 Å². The number of rotatable bonds is 11.